The van der Waals surface area contributed by atoms with Crippen LogP contribution in [0.25, 0.3) is 0 Å². The first-order valence-corrected chi connectivity index (χ1v) is 7.70. The Morgan fingerprint density at radius 1 is 1.30 bits per heavy atom. The van der Waals surface area contributed by atoms with Crippen LogP contribution in [-0.2, 0) is 0 Å². The Balaban J connectivity index is 2.28. The van der Waals surface area contributed by atoms with E-state index in [0.717, 1.165) is 10.0 Å². The minimum atomic E-state index is -0.566. The van der Waals surface area contributed by atoms with Crippen LogP contribution in [0, 0.1) is 17.0 Å². The topological polar surface area (TPSA) is 81.5 Å². The maximum Gasteiger partial charge on any atom is 0.311 e. The normalized spacial score (nSPS) is 10.2. The highest BCUT2D eigenvalue weighted by Gasteiger charge is 2.19. The van der Waals surface area contributed by atoms with Crippen molar-refractivity contribution < 1.29 is 14.5 Å². The number of hydrogen-bond acceptors (Lipinski definition) is 4. The number of benzene rings is 2. The van der Waals surface area contributed by atoms with Crippen LogP contribution >= 0.6 is 15.9 Å². The minimum absolute atomic E-state index is 0.144. The molecule has 0 aliphatic heterocycles. The molecule has 0 heterocycles. The van der Waals surface area contributed by atoms with Crippen LogP contribution in [0.2, 0.25) is 0 Å². The smallest absolute Gasteiger partial charge is 0.311 e. The van der Waals surface area contributed by atoms with E-state index in [-0.39, 0.29) is 17.0 Å². The molecular formula is C16H15BrN2O4. The fourth-order valence-corrected chi connectivity index (χ4v) is 2.59. The van der Waals surface area contributed by atoms with Gasteiger partial charge in [0.05, 0.1) is 17.2 Å². The third kappa shape index (κ3) is 4.07. The molecule has 0 atom stereocenters. The van der Waals surface area contributed by atoms with Crippen LogP contribution < -0.4 is 10.1 Å². The monoisotopic (exact) mass is 378 g/mol. The molecule has 0 bridgehead atoms. The summed E-state index contributed by atoms with van der Waals surface area (Å²) in [6, 6.07) is 9.64. The summed E-state index contributed by atoms with van der Waals surface area (Å²) in [4.78, 5) is 22.8. The molecule has 0 aliphatic carbocycles. The molecule has 2 aromatic carbocycles. The summed E-state index contributed by atoms with van der Waals surface area (Å²) < 4.78 is 5.94. The highest BCUT2D eigenvalue weighted by molar-refractivity contribution is 9.10. The van der Waals surface area contributed by atoms with Crippen LogP contribution in [-0.4, -0.2) is 17.4 Å². The van der Waals surface area contributed by atoms with Crippen LogP contribution in [0.5, 0.6) is 5.75 Å². The minimum Gasteiger partial charge on any atom is -0.487 e. The van der Waals surface area contributed by atoms with Crippen molar-refractivity contribution in [1.82, 2.24) is 0 Å². The third-order valence-electron chi connectivity index (χ3n) is 3.09. The van der Waals surface area contributed by atoms with E-state index in [2.05, 4.69) is 21.2 Å². The number of aryl methyl sites for hydroxylation is 1. The molecule has 0 radical (unpaired) electrons. The van der Waals surface area contributed by atoms with Crippen molar-refractivity contribution in [3.05, 3.63) is 62.1 Å². The molecule has 6 nitrogen and oxygen atoms in total. The predicted molar refractivity (Wildman–Crippen MR) is 91.1 cm³/mol. The van der Waals surface area contributed by atoms with Crippen molar-refractivity contribution in [2.45, 2.75) is 13.8 Å². The van der Waals surface area contributed by atoms with Crippen molar-refractivity contribution in [2.24, 2.45) is 0 Å². The Hall–Kier alpha value is -2.41. The Morgan fingerprint density at radius 3 is 2.65 bits per heavy atom. The van der Waals surface area contributed by atoms with Crippen LogP contribution in [0.1, 0.15) is 22.8 Å². The molecule has 1 amide bonds. The van der Waals surface area contributed by atoms with E-state index in [1.165, 1.54) is 18.2 Å². The van der Waals surface area contributed by atoms with Crippen molar-refractivity contribution in [3.8, 4) is 5.75 Å². The number of ether oxygens (including phenoxy) is 1. The Bertz CT molecular complexity index is 762. The number of carbonyl (C=O) groups excluding carboxylic acids is 1. The standard InChI is InChI=1S/C16H15BrN2O4/c1-3-23-15-7-5-11(9-14(15)19(21)22)16(20)18-13-6-4-10(2)8-12(13)17/h4-9H,3H2,1-2H3,(H,18,20). The number of nitrogens with zero attached hydrogens (tertiary/aromatic N) is 1. The first kappa shape index (κ1) is 17.0. The number of carbonyl (C=O) groups is 1. The molecule has 0 saturated carbocycles. The third-order valence-corrected chi connectivity index (χ3v) is 3.75. The number of amides is 1. The van der Waals surface area contributed by atoms with Gasteiger partial charge in [-0.1, -0.05) is 6.07 Å². The van der Waals surface area contributed by atoms with Gasteiger partial charge < -0.3 is 10.1 Å². The van der Waals surface area contributed by atoms with Gasteiger partial charge in [-0.2, -0.15) is 0 Å². The van der Waals surface area contributed by atoms with E-state index in [9.17, 15) is 14.9 Å². The highest BCUT2D eigenvalue weighted by atomic mass is 79.9. The van der Waals surface area contributed by atoms with E-state index >= 15 is 0 Å². The summed E-state index contributed by atoms with van der Waals surface area (Å²) >= 11 is 3.38. The van der Waals surface area contributed by atoms with Gasteiger partial charge in [0.1, 0.15) is 0 Å². The number of nitro benzene ring substituents is 1. The maximum atomic E-state index is 12.3. The molecule has 0 aromatic heterocycles. The molecule has 23 heavy (non-hydrogen) atoms. The zero-order valence-corrected chi connectivity index (χ0v) is 14.2. The second-order valence-electron chi connectivity index (χ2n) is 4.81. The van der Waals surface area contributed by atoms with Gasteiger partial charge in [-0.25, -0.2) is 0 Å². The zero-order valence-electron chi connectivity index (χ0n) is 12.6. The fourth-order valence-electron chi connectivity index (χ4n) is 1.99. The van der Waals surface area contributed by atoms with E-state index in [0.29, 0.717) is 12.3 Å². The molecule has 0 unspecified atom stereocenters. The summed E-state index contributed by atoms with van der Waals surface area (Å²) in [6.07, 6.45) is 0. The molecule has 0 aliphatic rings. The van der Waals surface area contributed by atoms with Gasteiger partial charge in [0.25, 0.3) is 5.91 Å². The SMILES string of the molecule is CCOc1ccc(C(=O)Nc2ccc(C)cc2Br)cc1[N+](=O)[O-]. The number of hydrogen-bond donors (Lipinski definition) is 1. The van der Waals surface area contributed by atoms with Crippen LogP contribution in [0.4, 0.5) is 11.4 Å². The van der Waals surface area contributed by atoms with Gasteiger partial charge in [-0.05, 0) is 59.6 Å². The molecule has 2 rings (SSSR count). The molecular weight excluding hydrogens is 364 g/mol. The maximum absolute atomic E-state index is 12.3. The average Bonchev–Trinajstić information content (AvgIpc) is 2.50. The van der Waals surface area contributed by atoms with E-state index in [4.69, 9.17) is 4.74 Å². The lowest BCUT2D eigenvalue weighted by molar-refractivity contribution is -0.385. The molecule has 120 valence electrons. The number of nitrogens with one attached hydrogen (secondary N) is 1. The lowest BCUT2D eigenvalue weighted by atomic mass is 10.1. The Morgan fingerprint density at radius 2 is 2.04 bits per heavy atom. The largest absolute Gasteiger partial charge is 0.487 e. The number of rotatable bonds is 5. The zero-order chi connectivity index (χ0) is 17.0. The summed E-state index contributed by atoms with van der Waals surface area (Å²) in [5.74, 6) is -0.286. The number of anilines is 1. The summed E-state index contributed by atoms with van der Waals surface area (Å²) in [5, 5.41) is 13.8. The van der Waals surface area contributed by atoms with Gasteiger partial charge in [-0.15, -0.1) is 0 Å². The van der Waals surface area contributed by atoms with Crippen molar-refractivity contribution in [2.75, 3.05) is 11.9 Å². The summed E-state index contributed by atoms with van der Waals surface area (Å²) in [7, 11) is 0. The second kappa shape index (κ2) is 7.23. The average molecular weight is 379 g/mol. The molecule has 2 aromatic rings. The second-order valence-corrected chi connectivity index (χ2v) is 5.66. The van der Waals surface area contributed by atoms with E-state index in [1.807, 2.05) is 19.1 Å². The highest BCUT2D eigenvalue weighted by Crippen LogP contribution is 2.29. The van der Waals surface area contributed by atoms with Gasteiger partial charge in [0.15, 0.2) is 5.75 Å². The predicted octanol–water partition coefficient (Wildman–Crippen LogP) is 4.32. The molecule has 0 fully saturated rings. The lowest BCUT2D eigenvalue weighted by Gasteiger charge is -2.09. The molecule has 0 saturated heterocycles. The van der Waals surface area contributed by atoms with Gasteiger partial charge in [0, 0.05) is 16.1 Å². The number of halogens is 1. The molecule has 0 spiro atoms. The van der Waals surface area contributed by atoms with Gasteiger partial charge in [0.2, 0.25) is 0 Å². The summed E-state index contributed by atoms with van der Waals surface area (Å²) in [5.41, 5.74) is 1.60. The summed E-state index contributed by atoms with van der Waals surface area (Å²) in [6.45, 7) is 3.98. The van der Waals surface area contributed by atoms with Crippen molar-refractivity contribution >= 4 is 33.2 Å². The first-order chi connectivity index (χ1) is 10.9. The van der Waals surface area contributed by atoms with Crippen LogP contribution in [0.3, 0.4) is 0 Å². The first-order valence-electron chi connectivity index (χ1n) is 6.91. The Kier molecular flexibility index (Phi) is 5.33. The van der Waals surface area contributed by atoms with Crippen LogP contribution in [0.15, 0.2) is 40.9 Å². The molecule has 1 N–H and O–H groups in total. The molecule has 7 heteroatoms. The van der Waals surface area contributed by atoms with E-state index in [1.54, 1.807) is 13.0 Å². The number of nitro groups is 1. The lowest BCUT2D eigenvalue weighted by Crippen LogP contribution is -2.13. The quantitative estimate of drug-likeness (QED) is 0.620. The van der Waals surface area contributed by atoms with E-state index < -0.39 is 10.8 Å². The van der Waals surface area contributed by atoms with Gasteiger partial charge in [-0.3, -0.25) is 14.9 Å². The fraction of sp³-hybridized carbons (Fsp3) is 0.188. The van der Waals surface area contributed by atoms with Crippen molar-refractivity contribution in [3.63, 3.8) is 0 Å². The van der Waals surface area contributed by atoms with Gasteiger partial charge >= 0.3 is 5.69 Å². The van der Waals surface area contributed by atoms with Crippen molar-refractivity contribution in [1.29, 1.82) is 0 Å². The Labute approximate surface area is 141 Å².